The van der Waals surface area contributed by atoms with Crippen LogP contribution in [0.25, 0.3) is 0 Å². The van der Waals surface area contributed by atoms with E-state index in [2.05, 4.69) is 6.92 Å². The molecule has 1 aromatic carbocycles. The Morgan fingerprint density at radius 1 is 1.17 bits per heavy atom. The maximum Gasteiger partial charge on any atom is 0.124 e. The summed E-state index contributed by atoms with van der Waals surface area (Å²) in [6.45, 7) is 2.18. The molecule has 1 aromatic rings. The van der Waals surface area contributed by atoms with Gasteiger partial charge in [0.05, 0.1) is 15.7 Å². The van der Waals surface area contributed by atoms with Crippen LogP contribution in [0.5, 0.6) is 0 Å². The van der Waals surface area contributed by atoms with Crippen molar-refractivity contribution >= 4 is 16.5 Å². The molecule has 0 saturated carbocycles. The first-order valence-electron chi connectivity index (χ1n) is 6.58. The monoisotopic (exact) mass is 271 g/mol. The van der Waals surface area contributed by atoms with Gasteiger partial charge in [0.2, 0.25) is 0 Å². The van der Waals surface area contributed by atoms with E-state index in [1.165, 1.54) is 43.9 Å². The van der Waals surface area contributed by atoms with Gasteiger partial charge in [-0.15, -0.1) is 0 Å². The summed E-state index contributed by atoms with van der Waals surface area (Å²) >= 11 is 0. The first-order valence-corrected chi connectivity index (χ1v) is 7.90. The minimum atomic E-state index is -1.18. The van der Waals surface area contributed by atoms with Gasteiger partial charge >= 0.3 is 0 Å². The van der Waals surface area contributed by atoms with Gasteiger partial charge in [0.15, 0.2) is 0 Å². The van der Waals surface area contributed by atoms with E-state index < -0.39 is 10.8 Å². The fraction of sp³-hybridized carbons (Fsp3) is 0.571. The van der Waals surface area contributed by atoms with E-state index in [0.29, 0.717) is 16.3 Å². The Morgan fingerprint density at radius 2 is 1.83 bits per heavy atom. The normalized spacial score (nSPS) is 12.6. The van der Waals surface area contributed by atoms with Gasteiger partial charge in [-0.25, -0.2) is 4.39 Å². The Balaban J connectivity index is 2.34. The highest BCUT2D eigenvalue weighted by Gasteiger charge is 2.08. The average molecular weight is 271 g/mol. The summed E-state index contributed by atoms with van der Waals surface area (Å²) < 4.78 is 25.0. The lowest BCUT2D eigenvalue weighted by Crippen LogP contribution is -2.03. The summed E-state index contributed by atoms with van der Waals surface area (Å²) in [7, 11) is -1.18. The SMILES string of the molecule is CCCCCCCCS(=O)c1cc(F)ccc1N. The highest BCUT2D eigenvalue weighted by molar-refractivity contribution is 7.85. The van der Waals surface area contributed by atoms with Gasteiger partial charge in [-0.1, -0.05) is 39.0 Å². The zero-order valence-corrected chi connectivity index (χ0v) is 11.8. The van der Waals surface area contributed by atoms with Crippen molar-refractivity contribution in [2.45, 2.75) is 50.3 Å². The van der Waals surface area contributed by atoms with Crippen LogP contribution in [0.4, 0.5) is 10.1 Å². The fourth-order valence-corrected chi connectivity index (χ4v) is 3.09. The van der Waals surface area contributed by atoms with Crippen molar-refractivity contribution in [3.8, 4) is 0 Å². The molecule has 0 bridgehead atoms. The van der Waals surface area contributed by atoms with Crippen molar-refractivity contribution in [1.29, 1.82) is 0 Å². The molecule has 0 aliphatic heterocycles. The number of nitrogen functional groups attached to an aromatic ring is 1. The fourth-order valence-electron chi connectivity index (χ4n) is 1.83. The van der Waals surface area contributed by atoms with Crippen molar-refractivity contribution in [2.75, 3.05) is 11.5 Å². The van der Waals surface area contributed by atoms with E-state index in [0.717, 1.165) is 12.8 Å². The molecule has 1 rings (SSSR count). The van der Waals surface area contributed by atoms with Crippen molar-refractivity contribution < 1.29 is 8.60 Å². The summed E-state index contributed by atoms with van der Waals surface area (Å²) in [5.74, 6) is 0.190. The average Bonchev–Trinajstić information content (AvgIpc) is 2.36. The molecular weight excluding hydrogens is 249 g/mol. The number of hydrogen-bond acceptors (Lipinski definition) is 2. The molecule has 0 radical (unpaired) electrons. The molecule has 1 unspecified atom stereocenters. The zero-order chi connectivity index (χ0) is 13.4. The molecule has 2 nitrogen and oxygen atoms in total. The van der Waals surface area contributed by atoms with E-state index in [9.17, 15) is 8.60 Å². The van der Waals surface area contributed by atoms with Gasteiger partial charge in [0, 0.05) is 11.4 Å². The van der Waals surface area contributed by atoms with Crippen molar-refractivity contribution in [2.24, 2.45) is 0 Å². The van der Waals surface area contributed by atoms with Crippen LogP contribution in [0.2, 0.25) is 0 Å². The van der Waals surface area contributed by atoms with Gasteiger partial charge in [-0.3, -0.25) is 4.21 Å². The quantitative estimate of drug-likeness (QED) is 0.576. The third-order valence-electron chi connectivity index (χ3n) is 2.90. The van der Waals surface area contributed by atoms with Crippen molar-refractivity contribution in [1.82, 2.24) is 0 Å². The Bertz CT molecular complexity index is 395. The lowest BCUT2D eigenvalue weighted by atomic mass is 10.1. The zero-order valence-electron chi connectivity index (χ0n) is 11.0. The minimum absolute atomic E-state index is 0.379. The number of halogens is 1. The van der Waals surface area contributed by atoms with Crippen LogP contribution in [-0.4, -0.2) is 9.96 Å². The van der Waals surface area contributed by atoms with Gasteiger partial charge in [0.1, 0.15) is 5.82 Å². The first kappa shape index (κ1) is 15.2. The van der Waals surface area contributed by atoms with E-state index in [1.807, 2.05) is 0 Å². The van der Waals surface area contributed by atoms with Crippen LogP contribution in [0.15, 0.2) is 23.1 Å². The number of benzene rings is 1. The maximum atomic E-state index is 13.0. The smallest absolute Gasteiger partial charge is 0.124 e. The lowest BCUT2D eigenvalue weighted by molar-refractivity contribution is 0.618. The van der Waals surface area contributed by atoms with Gasteiger partial charge in [-0.05, 0) is 24.6 Å². The van der Waals surface area contributed by atoms with Crippen LogP contribution in [-0.2, 0) is 10.8 Å². The molecule has 2 N–H and O–H groups in total. The number of nitrogens with two attached hydrogens (primary N) is 1. The summed E-state index contributed by atoms with van der Waals surface area (Å²) in [6, 6.07) is 4.05. The third kappa shape index (κ3) is 5.17. The second-order valence-corrected chi connectivity index (χ2v) is 6.04. The number of rotatable bonds is 8. The van der Waals surface area contributed by atoms with Crippen molar-refractivity contribution in [3.05, 3.63) is 24.0 Å². The largest absolute Gasteiger partial charge is 0.398 e. The predicted octanol–water partition coefficient (Wildman–Crippen LogP) is 3.88. The van der Waals surface area contributed by atoms with Gasteiger partial charge in [-0.2, -0.15) is 0 Å². The standard InChI is InChI=1S/C14H22FNOS/c1-2-3-4-5-6-7-10-18(17)14-11-12(15)8-9-13(14)16/h8-9,11H,2-7,10,16H2,1H3. The predicted molar refractivity (Wildman–Crippen MR) is 75.5 cm³/mol. The molecule has 0 saturated heterocycles. The molecule has 0 aliphatic rings. The summed E-state index contributed by atoms with van der Waals surface area (Å²) in [6.07, 6.45) is 6.91. The second-order valence-electron chi connectivity index (χ2n) is 4.50. The van der Waals surface area contributed by atoms with E-state index in [-0.39, 0.29) is 5.82 Å². The topological polar surface area (TPSA) is 43.1 Å². The van der Waals surface area contributed by atoms with E-state index in [4.69, 9.17) is 5.73 Å². The molecule has 18 heavy (non-hydrogen) atoms. The van der Waals surface area contributed by atoms with Gasteiger partial charge in [0.25, 0.3) is 0 Å². The minimum Gasteiger partial charge on any atom is -0.398 e. The van der Waals surface area contributed by atoms with E-state index >= 15 is 0 Å². The molecule has 0 aromatic heterocycles. The molecule has 1 atom stereocenters. The second kappa shape index (κ2) is 8.25. The highest BCUT2D eigenvalue weighted by Crippen LogP contribution is 2.19. The van der Waals surface area contributed by atoms with Crippen LogP contribution in [0.1, 0.15) is 45.4 Å². The Morgan fingerprint density at radius 3 is 2.56 bits per heavy atom. The van der Waals surface area contributed by atoms with Crippen LogP contribution in [0.3, 0.4) is 0 Å². The van der Waals surface area contributed by atoms with Crippen LogP contribution < -0.4 is 5.73 Å². The Labute approximate surface area is 111 Å². The highest BCUT2D eigenvalue weighted by atomic mass is 32.2. The van der Waals surface area contributed by atoms with Gasteiger partial charge < -0.3 is 5.73 Å². The molecule has 0 fully saturated rings. The van der Waals surface area contributed by atoms with Crippen LogP contribution in [0, 0.1) is 5.82 Å². The summed E-state index contributed by atoms with van der Waals surface area (Å²) in [4.78, 5) is 0.434. The number of unbranched alkanes of at least 4 members (excludes halogenated alkanes) is 5. The molecule has 0 heterocycles. The first-order chi connectivity index (χ1) is 8.65. The molecule has 4 heteroatoms. The van der Waals surface area contributed by atoms with E-state index in [1.54, 1.807) is 0 Å². The number of hydrogen-bond donors (Lipinski definition) is 1. The maximum absolute atomic E-state index is 13.0. The van der Waals surface area contributed by atoms with Crippen LogP contribution >= 0.6 is 0 Å². The number of anilines is 1. The van der Waals surface area contributed by atoms with Crippen molar-refractivity contribution in [3.63, 3.8) is 0 Å². The molecule has 102 valence electrons. The molecule has 0 amide bonds. The third-order valence-corrected chi connectivity index (χ3v) is 4.41. The molecular formula is C14H22FNOS. The molecule has 0 spiro atoms. The Hall–Kier alpha value is -0.900. The Kier molecular flexibility index (Phi) is 6.94. The summed E-state index contributed by atoms with van der Waals surface area (Å²) in [5, 5.41) is 0. The molecule has 0 aliphatic carbocycles. The summed E-state index contributed by atoms with van der Waals surface area (Å²) in [5.41, 5.74) is 6.12. The lowest BCUT2D eigenvalue weighted by Gasteiger charge is -2.06.